The van der Waals surface area contributed by atoms with E-state index in [1.54, 1.807) is 6.92 Å². The van der Waals surface area contributed by atoms with Gasteiger partial charge in [-0.1, -0.05) is 36.4 Å². The molecule has 0 aliphatic heterocycles. The Morgan fingerprint density at radius 3 is 2.58 bits per heavy atom. The summed E-state index contributed by atoms with van der Waals surface area (Å²) in [5, 5.41) is 9.15. The summed E-state index contributed by atoms with van der Waals surface area (Å²) in [5.41, 5.74) is 4.07. The molecule has 1 atom stereocenters. The molecule has 0 N–H and O–H groups in total. The van der Waals surface area contributed by atoms with Crippen molar-refractivity contribution in [1.82, 2.24) is 0 Å². The average Bonchev–Trinajstić information content (AvgIpc) is 2.42. The number of benzene rings is 1. The summed E-state index contributed by atoms with van der Waals surface area (Å²) in [6.07, 6.45) is 3.40. The summed E-state index contributed by atoms with van der Waals surface area (Å²) in [4.78, 5) is 11.7. The van der Waals surface area contributed by atoms with E-state index in [2.05, 4.69) is 12.1 Å². The minimum absolute atomic E-state index is 0.0800. The second-order valence-corrected chi connectivity index (χ2v) is 4.97. The van der Waals surface area contributed by atoms with Gasteiger partial charge >= 0.3 is 0 Å². The number of hydrogen-bond acceptors (Lipinski definition) is 2. The minimum Gasteiger partial charge on any atom is -0.295 e. The summed E-state index contributed by atoms with van der Waals surface area (Å²) < 4.78 is 0. The van der Waals surface area contributed by atoms with E-state index in [0.29, 0.717) is 6.42 Å². The average molecular weight is 251 g/mol. The smallest absolute Gasteiger partial charge is 0.156 e. The topological polar surface area (TPSA) is 40.9 Å². The van der Waals surface area contributed by atoms with Gasteiger partial charge in [-0.3, -0.25) is 4.79 Å². The molecule has 2 nitrogen and oxygen atoms in total. The Bertz CT molecular complexity index is 587. The fraction of sp³-hybridized carbons (Fsp3) is 0.294. The molecule has 2 heteroatoms. The molecule has 2 rings (SSSR count). The van der Waals surface area contributed by atoms with Crippen LogP contribution >= 0.6 is 0 Å². The molecule has 1 aromatic carbocycles. The van der Waals surface area contributed by atoms with E-state index >= 15 is 0 Å². The van der Waals surface area contributed by atoms with Crippen molar-refractivity contribution in [2.24, 2.45) is 5.92 Å². The third-order valence-electron chi connectivity index (χ3n) is 3.60. The predicted molar refractivity (Wildman–Crippen MR) is 76.1 cm³/mol. The molecule has 1 aromatic rings. The molecule has 0 spiro atoms. The van der Waals surface area contributed by atoms with E-state index in [1.165, 1.54) is 0 Å². The van der Waals surface area contributed by atoms with E-state index in [-0.39, 0.29) is 11.7 Å². The summed E-state index contributed by atoms with van der Waals surface area (Å²) in [6.45, 7) is 3.57. The monoisotopic (exact) mass is 251 g/mol. The molecule has 0 amide bonds. The highest BCUT2D eigenvalue weighted by molar-refractivity contribution is 5.95. The van der Waals surface area contributed by atoms with E-state index in [4.69, 9.17) is 5.26 Å². The summed E-state index contributed by atoms with van der Waals surface area (Å²) in [6, 6.07) is 12.3. The molecule has 0 saturated heterocycles. The first kappa shape index (κ1) is 13.3. The number of hydrogen-bond donors (Lipinski definition) is 0. The zero-order valence-electron chi connectivity index (χ0n) is 11.3. The van der Waals surface area contributed by atoms with E-state index in [0.717, 1.165) is 28.7 Å². The van der Waals surface area contributed by atoms with Crippen LogP contribution in [0.3, 0.4) is 0 Å². The van der Waals surface area contributed by atoms with Crippen molar-refractivity contribution in [3.8, 4) is 6.07 Å². The quantitative estimate of drug-likeness (QED) is 0.799. The van der Waals surface area contributed by atoms with Gasteiger partial charge in [-0.2, -0.15) is 5.26 Å². The second kappa shape index (κ2) is 5.67. The Morgan fingerprint density at radius 1 is 1.32 bits per heavy atom. The van der Waals surface area contributed by atoms with Crippen LogP contribution in [0.25, 0.3) is 6.08 Å². The molecule has 0 heterocycles. The van der Waals surface area contributed by atoms with Crippen molar-refractivity contribution in [2.45, 2.75) is 26.7 Å². The van der Waals surface area contributed by atoms with Gasteiger partial charge in [-0.25, -0.2) is 0 Å². The summed E-state index contributed by atoms with van der Waals surface area (Å²) in [5.74, 6) is -0.00558. The largest absolute Gasteiger partial charge is 0.295 e. The fourth-order valence-electron chi connectivity index (χ4n) is 2.50. The third kappa shape index (κ3) is 3.00. The molecule has 1 aliphatic rings. The van der Waals surface area contributed by atoms with Gasteiger partial charge in [0.2, 0.25) is 0 Å². The molecule has 19 heavy (non-hydrogen) atoms. The van der Waals surface area contributed by atoms with Crippen molar-refractivity contribution in [3.05, 3.63) is 52.6 Å². The van der Waals surface area contributed by atoms with Gasteiger partial charge in [-0.05, 0) is 49.0 Å². The van der Waals surface area contributed by atoms with Crippen LogP contribution in [-0.2, 0) is 4.79 Å². The van der Waals surface area contributed by atoms with Crippen LogP contribution in [0.1, 0.15) is 32.3 Å². The number of carbonyl (C=O) groups is 1. The summed E-state index contributed by atoms with van der Waals surface area (Å²) in [7, 11) is 0. The SMILES string of the molecule is CC(=O)C1=C(C)/C(=C/c2ccccc2)CC(C#N)C1. The number of rotatable bonds is 2. The standard InChI is InChI=1S/C17H17NO/c1-12-16(8-14-6-4-3-5-7-14)9-15(11-18)10-17(12)13(2)19/h3-8,15H,9-10H2,1-2H3/b16-8+. The van der Waals surface area contributed by atoms with Gasteiger partial charge < -0.3 is 0 Å². The lowest BCUT2D eigenvalue weighted by atomic mass is 9.80. The first-order valence-corrected chi connectivity index (χ1v) is 6.48. The molecule has 0 aromatic heterocycles. The molecule has 0 fully saturated rings. The lowest BCUT2D eigenvalue weighted by molar-refractivity contribution is -0.113. The number of Topliss-reactive ketones (excluding diaryl/α,β-unsaturated/α-hetero) is 1. The maximum absolute atomic E-state index is 11.7. The molecular weight excluding hydrogens is 234 g/mol. The van der Waals surface area contributed by atoms with Crippen molar-refractivity contribution in [3.63, 3.8) is 0 Å². The Morgan fingerprint density at radius 2 is 2.00 bits per heavy atom. The number of ketones is 1. The maximum atomic E-state index is 11.7. The fourth-order valence-corrected chi connectivity index (χ4v) is 2.50. The molecule has 1 unspecified atom stereocenters. The lowest BCUT2D eigenvalue weighted by Gasteiger charge is -2.23. The van der Waals surface area contributed by atoms with Gasteiger partial charge in [-0.15, -0.1) is 0 Å². The van der Waals surface area contributed by atoms with Crippen molar-refractivity contribution in [2.75, 3.05) is 0 Å². The molecule has 0 bridgehead atoms. The highest BCUT2D eigenvalue weighted by atomic mass is 16.1. The van der Waals surface area contributed by atoms with E-state index in [1.807, 2.05) is 37.3 Å². The predicted octanol–water partition coefficient (Wildman–Crippen LogP) is 3.91. The number of nitriles is 1. The Kier molecular flexibility index (Phi) is 3.97. The van der Waals surface area contributed by atoms with Crippen LogP contribution < -0.4 is 0 Å². The van der Waals surface area contributed by atoms with Crippen LogP contribution in [-0.4, -0.2) is 5.78 Å². The van der Waals surface area contributed by atoms with Gasteiger partial charge in [0.05, 0.1) is 12.0 Å². The maximum Gasteiger partial charge on any atom is 0.156 e. The summed E-state index contributed by atoms with van der Waals surface area (Å²) >= 11 is 0. The lowest BCUT2D eigenvalue weighted by Crippen LogP contribution is -2.14. The number of nitrogens with zero attached hydrogens (tertiary/aromatic N) is 1. The zero-order chi connectivity index (χ0) is 13.8. The van der Waals surface area contributed by atoms with Gasteiger partial charge in [0.1, 0.15) is 0 Å². The van der Waals surface area contributed by atoms with Crippen molar-refractivity contribution >= 4 is 11.9 Å². The zero-order valence-corrected chi connectivity index (χ0v) is 11.3. The molecule has 1 aliphatic carbocycles. The minimum atomic E-state index is -0.0856. The highest BCUT2D eigenvalue weighted by Gasteiger charge is 2.24. The van der Waals surface area contributed by atoms with Crippen LogP contribution in [0.15, 0.2) is 47.1 Å². The second-order valence-electron chi connectivity index (χ2n) is 4.97. The number of allylic oxidation sites excluding steroid dienone is 3. The van der Waals surface area contributed by atoms with Crippen LogP contribution in [0.4, 0.5) is 0 Å². The molecule has 0 radical (unpaired) electrons. The van der Waals surface area contributed by atoms with Crippen molar-refractivity contribution in [1.29, 1.82) is 5.26 Å². The van der Waals surface area contributed by atoms with Gasteiger partial charge in [0, 0.05) is 0 Å². The van der Waals surface area contributed by atoms with Gasteiger partial charge in [0.15, 0.2) is 5.78 Å². The van der Waals surface area contributed by atoms with Gasteiger partial charge in [0.25, 0.3) is 0 Å². The van der Waals surface area contributed by atoms with Crippen LogP contribution in [0.5, 0.6) is 0 Å². The Labute approximate surface area is 114 Å². The van der Waals surface area contributed by atoms with Crippen LogP contribution in [0, 0.1) is 17.2 Å². The molecule has 0 saturated carbocycles. The normalized spacial score (nSPS) is 21.3. The molecule has 96 valence electrons. The Hall–Kier alpha value is -2.14. The highest BCUT2D eigenvalue weighted by Crippen LogP contribution is 2.34. The number of carbonyl (C=O) groups excluding carboxylic acids is 1. The van der Waals surface area contributed by atoms with Crippen molar-refractivity contribution < 1.29 is 4.79 Å². The Balaban J connectivity index is 2.44. The first-order chi connectivity index (χ1) is 9.11. The molecular formula is C17H17NO. The van der Waals surface area contributed by atoms with Crippen LogP contribution in [0.2, 0.25) is 0 Å². The van der Waals surface area contributed by atoms with E-state index < -0.39 is 0 Å². The van der Waals surface area contributed by atoms with E-state index in [9.17, 15) is 4.79 Å². The third-order valence-corrected chi connectivity index (χ3v) is 3.60. The first-order valence-electron chi connectivity index (χ1n) is 6.48.